The van der Waals surface area contributed by atoms with E-state index < -0.39 is 0 Å². The third-order valence-electron chi connectivity index (χ3n) is 3.14. The van der Waals surface area contributed by atoms with Crippen molar-refractivity contribution in [2.24, 2.45) is 11.1 Å². The van der Waals surface area contributed by atoms with Crippen molar-refractivity contribution in [3.05, 3.63) is 24.1 Å². The number of hydrogen-bond acceptors (Lipinski definition) is 4. The molecule has 0 bridgehead atoms. The smallest absolute Gasteiger partial charge is 0.192 e. The molecule has 18 heavy (non-hydrogen) atoms. The Morgan fingerprint density at radius 3 is 2.78 bits per heavy atom. The van der Waals surface area contributed by atoms with E-state index in [0.717, 1.165) is 23.3 Å². The number of nitrogens with two attached hydrogens (primary N) is 1. The highest BCUT2D eigenvalue weighted by atomic mass is 16.3. The first-order valence-electron chi connectivity index (χ1n) is 6.20. The molecule has 1 heterocycles. The standard InChI is InChI=1S/C14H21N3O/c1-10-16-12-6-5-11(7-13(12)18-10)17(4)9-14(2,3)8-15/h5-7H,8-9,15H2,1-4H3. The molecule has 98 valence electrons. The fraction of sp³-hybridized carbons (Fsp3) is 0.500. The second-order valence-corrected chi connectivity index (χ2v) is 5.61. The van der Waals surface area contributed by atoms with Crippen LogP contribution in [0, 0.1) is 12.3 Å². The fourth-order valence-electron chi connectivity index (χ4n) is 2.06. The molecule has 4 nitrogen and oxygen atoms in total. The van der Waals surface area contributed by atoms with Gasteiger partial charge in [0.05, 0.1) is 0 Å². The van der Waals surface area contributed by atoms with E-state index in [4.69, 9.17) is 10.2 Å². The van der Waals surface area contributed by atoms with Crippen molar-refractivity contribution in [2.75, 3.05) is 25.0 Å². The minimum atomic E-state index is 0.0983. The van der Waals surface area contributed by atoms with Crippen molar-refractivity contribution in [3.63, 3.8) is 0 Å². The molecule has 2 aromatic rings. The Morgan fingerprint density at radius 1 is 1.39 bits per heavy atom. The maximum atomic E-state index is 5.77. The lowest BCUT2D eigenvalue weighted by atomic mass is 9.93. The Morgan fingerprint density at radius 2 is 2.11 bits per heavy atom. The van der Waals surface area contributed by atoms with E-state index in [9.17, 15) is 0 Å². The summed E-state index contributed by atoms with van der Waals surface area (Å²) in [6, 6.07) is 6.09. The monoisotopic (exact) mass is 247 g/mol. The normalized spacial score (nSPS) is 12.1. The van der Waals surface area contributed by atoms with Gasteiger partial charge in [0.15, 0.2) is 11.5 Å². The first kappa shape index (κ1) is 12.9. The molecule has 0 spiro atoms. The number of oxazole rings is 1. The Labute approximate surface area is 108 Å². The van der Waals surface area contributed by atoms with E-state index >= 15 is 0 Å². The minimum absolute atomic E-state index is 0.0983. The maximum Gasteiger partial charge on any atom is 0.192 e. The first-order chi connectivity index (χ1) is 8.41. The van der Waals surface area contributed by atoms with E-state index in [2.05, 4.69) is 36.8 Å². The van der Waals surface area contributed by atoms with Gasteiger partial charge in [-0.05, 0) is 24.1 Å². The first-order valence-corrected chi connectivity index (χ1v) is 6.20. The van der Waals surface area contributed by atoms with E-state index in [-0.39, 0.29) is 5.41 Å². The van der Waals surface area contributed by atoms with E-state index in [1.807, 2.05) is 19.1 Å². The number of rotatable bonds is 4. The maximum absolute atomic E-state index is 5.77. The predicted molar refractivity (Wildman–Crippen MR) is 74.9 cm³/mol. The number of anilines is 1. The van der Waals surface area contributed by atoms with Gasteiger partial charge in [-0.25, -0.2) is 4.98 Å². The summed E-state index contributed by atoms with van der Waals surface area (Å²) >= 11 is 0. The topological polar surface area (TPSA) is 55.3 Å². The lowest BCUT2D eigenvalue weighted by molar-refractivity contribution is 0.385. The molecule has 2 rings (SSSR count). The van der Waals surface area contributed by atoms with Gasteiger partial charge in [-0.15, -0.1) is 0 Å². The number of fused-ring (bicyclic) bond motifs is 1. The number of nitrogens with zero attached hydrogens (tertiary/aromatic N) is 2. The zero-order valence-corrected chi connectivity index (χ0v) is 11.5. The zero-order valence-electron chi connectivity index (χ0n) is 11.5. The molecule has 0 atom stereocenters. The van der Waals surface area contributed by atoms with Crippen molar-refractivity contribution in [2.45, 2.75) is 20.8 Å². The molecule has 0 radical (unpaired) electrons. The third-order valence-corrected chi connectivity index (χ3v) is 3.14. The van der Waals surface area contributed by atoms with Gasteiger partial charge in [0.1, 0.15) is 5.52 Å². The summed E-state index contributed by atoms with van der Waals surface area (Å²) in [7, 11) is 2.07. The van der Waals surface area contributed by atoms with Crippen LogP contribution in [0.2, 0.25) is 0 Å². The van der Waals surface area contributed by atoms with Gasteiger partial charge in [0.2, 0.25) is 0 Å². The Bertz CT molecular complexity index is 545. The summed E-state index contributed by atoms with van der Waals surface area (Å²) in [4.78, 5) is 6.50. The summed E-state index contributed by atoms with van der Waals surface area (Å²) in [5, 5.41) is 0. The minimum Gasteiger partial charge on any atom is -0.441 e. The summed E-state index contributed by atoms with van der Waals surface area (Å²) in [6.07, 6.45) is 0. The van der Waals surface area contributed by atoms with E-state index in [1.54, 1.807) is 0 Å². The molecule has 0 unspecified atom stereocenters. The van der Waals surface area contributed by atoms with Crippen LogP contribution in [-0.2, 0) is 0 Å². The van der Waals surface area contributed by atoms with Crippen molar-refractivity contribution in [1.29, 1.82) is 0 Å². The van der Waals surface area contributed by atoms with Crippen LogP contribution in [0.1, 0.15) is 19.7 Å². The average molecular weight is 247 g/mol. The summed E-state index contributed by atoms with van der Waals surface area (Å²) < 4.78 is 5.55. The average Bonchev–Trinajstić information content (AvgIpc) is 2.67. The Balaban J connectivity index is 2.25. The molecule has 4 heteroatoms. The summed E-state index contributed by atoms with van der Waals surface area (Å²) in [5.41, 5.74) is 8.74. The molecule has 0 aliphatic rings. The summed E-state index contributed by atoms with van der Waals surface area (Å²) in [5.74, 6) is 0.701. The molecule has 0 aliphatic heterocycles. The largest absolute Gasteiger partial charge is 0.441 e. The molecule has 1 aromatic heterocycles. The van der Waals surface area contributed by atoms with Gasteiger partial charge in [0.25, 0.3) is 0 Å². The molecule has 0 saturated carbocycles. The highest BCUT2D eigenvalue weighted by molar-refractivity contribution is 5.77. The molecule has 0 aliphatic carbocycles. The van der Waals surface area contributed by atoms with Crippen LogP contribution < -0.4 is 10.6 Å². The molecule has 0 amide bonds. The van der Waals surface area contributed by atoms with Gasteiger partial charge in [-0.3, -0.25) is 0 Å². The van der Waals surface area contributed by atoms with Crippen LogP contribution in [0.15, 0.2) is 22.6 Å². The number of aryl methyl sites for hydroxylation is 1. The van der Waals surface area contributed by atoms with Gasteiger partial charge in [-0.2, -0.15) is 0 Å². The summed E-state index contributed by atoms with van der Waals surface area (Å²) in [6.45, 7) is 7.77. The zero-order chi connectivity index (χ0) is 13.3. The lowest BCUT2D eigenvalue weighted by Gasteiger charge is -2.30. The van der Waals surface area contributed by atoms with E-state index in [1.165, 1.54) is 0 Å². The lowest BCUT2D eigenvalue weighted by Crippen LogP contribution is -2.36. The van der Waals surface area contributed by atoms with Crippen LogP contribution in [0.3, 0.4) is 0 Å². The van der Waals surface area contributed by atoms with Crippen LogP contribution in [0.5, 0.6) is 0 Å². The molecular weight excluding hydrogens is 226 g/mol. The SMILES string of the molecule is Cc1nc2ccc(N(C)CC(C)(C)CN)cc2o1. The molecule has 0 saturated heterocycles. The Hall–Kier alpha value is -1.55. The van der Waals surface area contributed by atoms with Crippen LogP contribution in [0.25, 0.3) is 11.1 Å². The number of aromatic nitrogens is 1. The molecular formula is C14H21N3O. The van der Waals surface area contributed by atoms with Gasteiger partial charge in [0, 0.05) is 32.3 Å². The van der Waals surface area contributed by atoms with Crippen molar-refractivity contribution >= 4 is 16.8 Å². The number of hydrogen-bond donors (Lipinski definition) is 1. The Kier molecular flexibility index (Phi) is 3.30. The van der Waals surface area contributed by atoms with Gasteiger partial charge in [-0.1, -0.05) is 13.8 Å². The third kappa shape index (κ3) is 2.64. The van der Waals surface area contributed by atoms with Crippen LogP contribution in [0.4, 0.5) is 5.69 Å². The predicted octanol–water partition coefficient (Wildman–Crippen LogP) is 2.56. The highest BCUT2D eigenvalue weighted by Gasteiger charge is 2.18. The molecule has 1 aromatic carbocycles. The van der Waals surface area contributed by atoms with Gasteiger partial charge >= 0.3 is 0 Å². The highest BCUT2D eigenvalue weighted by Crippen LogP contribution is 2.24. The molecule has 2 N–H and O–H groups in total. The second kappa shape index (κ2) is 4.61. The van der Waals surface area contributed by atoms with Crippen LogP contribution in [-0.4, -0.2) is 25.1 Å². The van der Waals surface area contributed by atoms with Crippen molar-refractivity contribution in [1.82, 2.24) is 4.98 Å². The number of benzene rings is 1. The van der Waals surface area contributed by atoms with E-state index in [0.29, 0.717) is 12.4 Å². The fourth-order valence-corrected chi connectivity index (χ4v) is 2.06. The van der Waals surface area contributed by atoms with Crippen molar-refractivity contribution < 1.29 is 4.42 Å². The quantitative estimate of drug-likeness (QED) is 0.902. The van der Waals surface area contributed by atoms with Gasteiger partial charge < -0.3 is 15.1 Å². The van der Waals surface area contributed by atoms with Crippen molar-refractivity contribution in [3.8, 4) is 0 Å². The van der Waals surface area contributed by atoms with Crippen LogP contribution >= 0.6 is 0 Å². The second-order valence-electron chi connectivity index (χ2n) is 5.61. The molecule has 0 fully saturated rings.